The van der Waals surface area contributed by atoms with Crippen molar-refractivity contribution >= 4 is 27.4 Å². The Bertz CT molecular complexity index is 487. The van der Waals surface area contributed by atoms with Gasteiger partial charge in [-0.2, -0.15) is 0 Å². The second-order valence-corrected chi connectivity index (χ2v) is 3.70. The first kappa shape index (κ1) is 9.02. The summed E-state index contributed by atoms with van der Waals surface area (Å²) in [5.74, 6) is -0.189. The minimum absolute atomic E-state index is 0.329. The average molecular weight is 208 g/mol. The van der Waals surface area contributed by atoms with E-state index in [1.165, 1.54) is 11.3 Å². The topological polar surface area (TPSA) is 46.5 Å². The summed E-state index contributed by atoms with van der Waals surface area (Å²) < 4.78 is 5.90. The highest BCUT2D eigenvalue weighted by molar-refractivity contribution is 7.17. The summed E-state index contributed by atoms with van der Waals surface area (Å²) in [5.41, 5.74) is 0.329. The lowest BCUT2D eigenvalue weighted by atomic mass is 10.1. The largest absolute Gasteiger partial charge is 0.496 e. The molecule has 0 atom stereocenters. The molecule has 3 nitrogen and oxygen atoms in total. The fourth-order valence-electron chi connectivity index (χ4n) is 1.38. The van der Waals surface area contributed by atoms with Gasteiger partial charge in [0.25, 0.3) is 0 Å². The van der Waals surface area contributed by atoms with Crippen molar-refractivity contribution in [3.05, 3.63) is 29.1 Å². The summed E-state index contributed by atoms with van der Waals surface area (Å²) in [7, 11) is 1.58. The van der Waals surface area contributed by atoms with Gasteiger partial charge in [-0.15, -0.1) is 11.3 Å². The van der Waals surface area contributed by atoms with Gasteiger partial charge < -0.3 is 9.84 Å². The van der Waals surface area contributed by atoms with Gasteiger partial charge in [0.05, 0.1) is 17.4 Å². The second-order valence-electron chi connectivity index (χ2n) is 2.78. The second kappa shape index (κ2) is 3.31. The lowest BCUT2D eigenvalue weighted by Crippen LogP contribution is -1.96. The van der Waals surface area contributed by atoms with Crippen LogP contribution in [0.5, 0.6) is 5.75 Å². The number of hydrogen-bond acceptors (Lipinski definition) is 3. The molecule has 0 bridgehead atoms. The predicted molar refractivity (Wildman–Crippen MR) is 55.3 cm³/mol. The molecule has 0 amide bonds. The highest BCUT2D eigenvalue weighted by atomic mass is 32.1. The van der Waals surface area contributed by atoms with Crippen molar-refractivity contribution in [2.24, 2.45) is 0 Å². The Morgan fingerprint density at radius 3 is 2.86 bits per heavy atom. The van der Waals surface area contributed by atoms with Gasteiger partial charge in [0.15, 0.2) is 0 Å². The third-order valence-electron chi connectivity index (χ3n) is 2.03. The van der Waals surface area contributed by atoms with Crippen LogP contribution in [0.25, 0.3) is 10.1 Å². The lowest BCUT2D eigenvalue weighted by molar-refractivity contribution is 0.0699. The summed E-state index contributed by atoms with van der Waals surface area (Å²) in [5, 5.41) is 11.7. The van der Waals surface area contributed by atoms with Gasteiger partial charge in [0.2, 0.25) is 0 Å². The van der Waals surface area contributed by atoms with E-state index in [0.717, 1.165) is 10.1 Å². The lowest BCUT2D eigenvalue weighted by Gasteiger charge is -2.03. The zero-order valence-electron chi connectivity index (χ0n) is 7.48. The van der Waals surface area contributed by atoms with E-state index >= 15 is 0 Å². The van der Waals surface area contributed by atoms with Crippen molar-refractivity contribution < 1.29 is 14.6 Å². The number of fused-ring (bicyclic) bond motifs is 1. The number of benzene rings is 1. The molecule has 0 radical (unpaired) electrons. The molecular weight excluding hydrogens is 200 g/mol. The number of aromatic carboxylic acids is 1. The zero-order valence-corrected chi connectivity index (χ0v) is 8.30. The van der Waals surface area contributed by atoms with Crippen LogP contribution in [0.4, 0.5) is 0 Å². The predicted octanol–water partition coefficient (Wildman–Crippen LogP) is 2.61. The van der Waals surface area contributed by atoms with Crippen LogP contribution in [0.3, 0.4) is 0 Å². The number of carboxylic acid groups (broad SMARTS) is 1. The van der Waals surface area contributed by atoms with Gasteiger partial charge in [-0.3, -0.25) is 0 Å². The molecular formula is C10H8O3S. The molecule has 0 unspecified atom stereocenters. The standard InChI is InChI=1S/C10H8O3S/c1-13-8-3-2-7(10(11)12)9-6(8)4-5-14-9/h2-5H,1H3,(H,11,12). The van der Waals surface area contributed by atoms with Gasteiger partial charge in [0.1, 0.15) is 5.75 Å². The number of carbonyl (C=O) groups is 1. The number of rotatable bonds is 2. The van der Waals surface area contributed by atoms with Crippen LogP contribution in [0, 0.1) is 0 Å². The normalized spacial score (nSPS) is 10.4. The van der Waals surface area contributed by atoms with Crippen LogP contribution < -0.4 is 4.74 Å². The number of methoxy groups -OCH3 is 1. The third kappa shape index (κ3) is 1.24. The van der Waals surface area contributed by atoms with E-state index in [1.807, 2.05) is 11.4 Å². The highest BCUT2D eigenvalue weighted by Gasteiger charge is 2.12. The molecule has 72 valence electrons. The number of carboxylic acids is 1. The van der Waals surface area contributed by atoms with Crippen LogP contribution in [-0.2, 0) is 0 Å². The first-order chi connectivity index (χ1) is 6.74. The Hall–Kier alpha value is -1.55. The molecule has 0 spiro atoms. The van der Waals surface area contributed by atoms with Gasteiger partial charge in [-0.25, -0.2) is 4.79 Å². The van der Waals surface area contributed by atoms with E-state index in [4.69, 9.17) is 9.84 Å². The molecule has 1 aromatic carbocycles. The average Bonchev–Trinajstić information content (AvgIpc) is 2.64. The molecule has 0 aliphatic carbocycles. The summed E-state index contributed by atoms with van der Waals surface area (Å²) >= 11 is 1.41. The smallest absolute Gasteiger partial charge is 0.337 e. The molecule has 2 rings (SSSR count). The molecule has 0 saturated carbocycles. The minimum Gasteiger partial charge on any atom is -0.496 e. The van der Waals surface area contributed by atoms with Crippen molar-refractivity contribution in [1.82, 2.24) is 0 Å². The first-order valence-electron chi connectivity index (χ1n) is 4.01. The molecule has 1 aromatic heterocycles. The van der Waals surface area contributed by atoms with E-state index in [0.29, 0.717) is 11.3 Å². The number of thiophene rings is 1. The van der Waals surface area contributed by atoms with Crippen LogP contribution in [0.1, 0.15) is 10.4 Å². The Kier molecular flexibility index (Phi) is 2.13. The number of hydrogen-bond donors (Lipinski definition) is 1. The third-order valence-corrected chi connectivity index (χ3v) is 2.97. The quantitative estimate of drug-likeness (QED) is 0.825. The van der Waals surface area contributed by atoms with E-state index in [1.54, 1.807) is 19.2 Å². The molecule has 14 heavy (non-hydrogen) atoms. The molecule has 4 heteroatoms. The summed E-state index contributed by atoms with van der Waals surface area (Å²) in [6, 6.07) is 5.11. The monoisotopic (exact) mass is 208 g/mol. The van der Waals surface area contributed by atoms with Crippen LogP contribution in [0.15, 0.2) is 23.6 Å². The Labute approximate surface area is 84.6 Å². The molecule has 1 N–H and O–H groups in total. The molecule has 2 aromatic rings. The van der Waals surface area contributed by atoms with Crippen LogP contribution in [0.2, 0.25) is 0 Å². The van der Waals surface area contributed by atoms with E-state index in [2.05, 4.69) is 0 Å². The van der Waals surface area contributed by atoms with Crippen molar-refractivity contribution in [2.45, 2.75) is 0 Å². The molecule has 0 saturated heterocycles. The minimum atomic E-state index is -0.903. The number of ether oxygens (including phenoxy) is 1. The fourth-order valence-corrected chi connectivity index (χ4v) is 2.30. The summed E-state index contributed by atoms with van der Waals surface area (Å²) in [6.45, 7) is 0. The zero-order chi connectivity index (χ0) is 10.1. The highest BCUT2D eigenvalue weighted by Crippen LogP contribution is 2.32. The summed E-state index contributed by atoms with van der Waals surface area (Å²) in [4.78, 5) is 10.9. The van der Waals surface area contributed by atoms with Gasteiger partial charge >= 0.3 is 5.97 Å². The maximum atomic E-state index is 10.9. The van der Waals surface area contributed by atoms with Gasteiger partial charge in [0, 0.05) is 5.39 Å². The van der Waals surface area contributed by atoms with Gasteiger partial charge in [-0.05, 0) is 23.6 Å². The maximum Gasteiger partial charge on any atom is 0.337 e. The molecule has 0 aliphatic heterocycles. The Balaban J connectivity index is 2.78. The molecule has 1 heterocycles. The van der Waals surface area contributed by atoms with E-state index in [9.17, 15) is 4.79 Å². The van der Waals surface area contributed by atoms with Crippen LogP contribution in [-0.4, -0.2) is 18.2 Å². The van der Waals surface area contributed by atoms with Crippen molar-refractivity contribution in [1.29, 1.82) is 0 Å². The van der Waals surface area contributed by atoms with Gasteiger partial charge in [-0.1, -0.05) is 0 Å². The Morgan fingerprint density at radius 1 is 1.43 bits per heavy atom. The van der Waals surface area contributed by atoms with Crippen LogP contribution >= 0.6 is 11.3 Å². The molecule has 0 fully saturated rings. The van der Waals surface area contributed by atoms with Crippen molar-refractivity contribution in [3.63, 3.8) is 0 Å². The van der Waals surface area contributed by atoms with Crippen molar-refractivity contribution in [2.75, 3.05) is 7.11 Å². The van der Waals surface area contributed by atoms with E-state index < -0.39 is 5.97 Å². The summed E-state index contributed by atoms with van der Waals surface area (Å²) in [6.07, 6.45) is 0. The molecule has 0 aliphatic rings. The Morgan fingerprint density at radius 2 is 2.21 bits per heavy atom. The van der Waals surface area contributed by atoms with E-state index in [-0.39, 0.29) is 0 Å². The fraction of sp³-hybridized carbons (Fsp3) is 0.100. The maximum absolute atomic E-state index is 10.9. The van der Waals surface area contributed by atoms with Crippen molar-refractivity contribution in [3.8, 4) is 5.75 Å². The SMILES string of the molecule is COc1ccc(C(=O)O)c2sccc12. The first-order valence-corrected chi connectivity index (χ1v) is 4.89.